The molecule has 3 rings (SSSR count). The first kappa shape index (κ1) is 14.8. The highest BCUT2D eigenvalue weighted by Crippen LogP contribution is 2.31. The van der Waals surface area contributed by atoms with Gasteiger partial charge in [-0.1, -0.05) is 32.1 Å². The maximum atomic E-state index is 13.4. The van der Waals surface area contributed by atoms with Gasteiger partial charge in [0.15, 0.2) is 0 Å². The van der Waals surface area contributed by atoms with Crippen molar-refractivity contribution < 1.29 is 4.39 Å². The van der Waals surface area contributed by atoms with Crippen LogP contribution in [0.5, 0.6) is 0 Å². The van der Waals surface area contributed by atoms with Gasteiger partial charge < -0.3 is 4.57 Å². The largest absolute Gasteiger partial charge is 0.325 e. The van der Waals surface area contributed by atoms with Crippen LogP contribution in [0, 0.1) is 5.82 Å². The van der Waals surface area contributed by atoms with Crippen LogP contribution in [0.2, 0.25) is 0 Å². The Hall–Kier alpha value is -1.09. The number of benzene rings is 1. The zero-order valence-corrected chi connectivity index (χ0v) is 13.1. The van der Waals surface area contributed by atoms with Crippen LogP contribution in [-0.2, 0) is 6.42 Å². The van der Waals surface area contributed by atoms with Crippen molar-refractivity contribution in [2.24, 2.45) is 0 Å². The summed E-state index contributed by atoms with van der Waals surface area (Å²) in [7, 11) is 0. The van der Waals surface area contributed by atoms with E-state index in [2.05, 4.69) is 9.55 Å². The zero-order chi connectivity index (χ0) is 14.7. The number of hydrogen-bond acceptors (Lipinski definition) is 1. The van der Waals surface area contributed by atoms with Gasteiger partial charge in [0.2, 0.25) is 0 Å². The molecule has 0 unspecified atom stereocenters. The maximum Gasteiger partial charge on any atom is 0.125 e. The molecule has 1 saturated carbocycles. The van der Waals surface area contributed by atoms with Crippen LogP contribution >= 0.6 is 11.6 Å². The summed E-state index contributed by atoms with van der Waals surface area (Å²) in [4.78, 5) is 4.63. The summed E-state index contributed by atoms with van der Waals surface area (Å²) in [5.41, 5.74) is 1.82. The highest BCUT2D eigenvalue weighted by molar-refractivity contribution is 6.17. The molecule has 0 spiro atoms. The molecule has 4 heteroatoms. The molecule has 1 fully saturated rings. The molecule has 1 heterocycles. The summed E-state index contributed by atoms with van der Waals surface area (Å²) in [6.07, 6.45) is 9.67. The van der Waals surface area contributed by atoms with Crippen molar-refractivity contribution in [2.75, 3.05) is 5.88 Å². The van der Waals surface area contributed by atoms with Crippen molar-refractivity contribution in [2.45, 2.75) is 57.4 Å². The third-order valence-corrected chi connectivity index (χ3v) is 4.67. The fraction of sp³-hybridized carbons (Fsp3) is 0.588. The minimum absolute atomic E-state index is 0.220. The Bertz CT molecular complexity index is 600. The van der Waals surface area contributed by atoms with E-state index in [1.807, 2.05) is 6.07 Å². The van der Waals surface area contributed by atoms with Crippen LogP contribution in [0.1, 0.15) is 56.8 Å². The molecule has 0 radical (unpaired) electrons. The summed E-state index contributed by atoms with van der Waals surface area (Å²) in [5.74, 6) is 1.34. The lowest BCUT2D eigenvalue weighted by Crippen LogP contribution is -2.14. The minimum Gasteiger partial charge on any atom is -0.325 e. The van der Waals surface area contributed by atoms with Crippen molar-refractivity contribution in [1.29, 1.82) is 0 Å². The molecule has 2 aromatic rings. The normalized spacial score (nSPS) is 17.8. The van der Waals surface area contributed by atoms with Crippen molar-refractivity contribution >= 4 is 22.6 Å². The number of nitrogens with zero attached hydrogens (tertiary/aromatic N) is 2. The van der Waals surface area contributed by atoms with E-state index in [9.17, 15) is 4.39 Å². The van der Waals surface area contributed by atoms with Gasteiger partial charge in [0.25, 0.3) is 0 Å². The second-order valence-electron chi connectivity index (χ2n) is 5.97. The molecule has 0 aliphatic heterocycles. The molecule has 1 aliphatic rings. The summed E-state index contributed by atoms with van der Waals surface area (Å²) in [6.45, 7) is 0. The summed E-state index contributed by atoms with van der Waals surface area (Å²) in [6, 6.07) is 5.42. The van der Waals surface area contributed by atoms with E-state index in [1.165, 1.54) is 57.1 Å². The Morgan fingerprint density at radius 3 is 2.57 bits per heavy atom. The fourth-order valence-electron chi connectivity index (χ4n) is 3.48. The summed E-state index contributed by atoms with van der Waals surface area (Å²) in [5, 5.41) is 0. The van der Waals surface area contributed by atoms with Crippen molar-refractivity contribution in [1.82, 2.24) is 9.55 Å². The van der Waals surface area contributed by atoms with Gasteiger partial charge in [-0.15, -0.1) is 11.6 Å². The van der Waals surface area contributed by atoms with Gasteiger partial charge in [-0.25, -0.2) is 9.37 Å². The van der Waals surface area contributed by atoms with Gasteiger partial charge in [-0.3, -0.25) is 0 Å². The van der Waals surface area contributed by atoms with Gasteiger partial charge in [-0.05, 0) is 25.0 Å². The molecule has 1 aliphatic carbocycles. The second kappa shape index (κ2) is 6.78. The number of imidazole rings is 1. The predicted molar refractivity (Wildman–Crippen MR) is 85.5 cm³/mol. The maximum absolute atomic E-state index is 13.4. The summed E-state index contributed by atoms with van der Waals surface area (Å²) >= 11 is 5.94. The third kappa shape index (κ3) is 3.23. The second-order valence-corrected chi connectivity index (χ2v) is 6.35. The number of fused-ring (bicyclic) bond motifs is 1. The molecule has 0 saturated heterocycles. The van der Waals surface area contributed by atoms with Crippen molar-refractivity contribution in [3.8, 4) is 0 Å². The number of alkyl halides is 1. The highest BCUT2D eigenvalue weighted by atomic mass is 35.5. The molecule has 0 atom stereocenters. The molecule has 1 aromatic heterocycles. The van der Waals surface area contributed by atoms with Gasteiger partial charge >= 0.3 is 0 Å². The first-order valence-corrected chi connectivity index (χ1v) is 8.55. The molecule has 0 amide bonds. The van der Waals surface area contributed by atoms with E-state index in [0.717, 1.165) is 23.3 Å². The Labute approximate surface area is 130 Å². The Balaban J connectivity index is 2.02. The van der Waals surface area contributed by atoms with Crippen LogP contribution in [0.15, 0.2) is 18.2 Å². The molecule has 21 heavy (non-hydrogen) atoms. The van der Waals surface area contributed by atoms with E-state index >= 15 is 0 Å². The van der Waals surface area contributed by atoms with Gasteiger partial charge in [0.05, 0.1) is 11.0 Å². The summed E-state index contributed by atoms with van der Waals surface area (Å²) < 4.78 is 15.8. The van der Waals surface area contributed by atoms with E-state index in [1.54, 1.807) is 0 Å². The van der Waals surface area contributed by atoms with Crippen molar-refractivity contribution in [3.63, 3.8) is 0 Å². The molecule has 114 valence electrons. The zero-order valence-electron chi connectivity index (χ0n) is 12.3. The SMILES string of the molecule is Fc1ccc2c(c1)nc(CCCl)n2C1CCCCCCC1. The molecule has 1 aromatic carbocycles. The number of hydrogen-bond donors (Lipinski definition) is 0. The monoisotopic (exact) mass is 308 g/mol. The number of halogens is 2. The molecule has 0 N–H and O–H groups in total. The molecular formula is C17H22ClFN2. The van der Waals surface area contributed by atoms with E-state index in [4.69, 9.17) is 11.6 Å². The van der Waals surface area contributed by atoms with E-state index in [-0.39, 0.29) is 5.82 Å². The van der Waals surface area contributed by atoms with Crippen LogP contribution in [0.25, 0.3) is 11.0 Å². The smallest absolute Gasteiger partial charge is 0.125 e. The van der Waals surface area contributed by atoms with Crippen molar-refractivity contribution in [3.05, 3.63) is 29.8 Å². The number of aryl methyl sites for hydroxylation is 1. The third-order valence-electron chi connectivity index (χ3n) is 4.48. The van der Waals surface area contributed by atoms with Crippen LogP contribution < -0.4 is 0 Å². The lowest BCUT2D eigenvalue weighted by Gasteiger charge is -2.24. The minimum atomic E-state index is -0.220. The highest BCUT2D eigenvalue weighted by Gasteiger charge is 2.20. The fourth-order valence-corrected chi connectivity index (χ4v) is 3.65. The lowest BCUT2D eigenvalue weighted by molar-refractivity contribution is 0.371. The van der Waals surface area contributed by atoms with Gasteiger partial charge in [0, 0.05) is 24.4 Å². The Kier molecular flexibility index (Phi) is 4.79. The number of rotatable bonds is 3. The standard InChI is InChI=1S/C17H22ClFN2/c18-11-10-17-20-15-12-13(19)8-9-16(15)21(17)14-6-4-2-1-3-5-7-14/h8-9,12,14H,1-7,10-11H2. The first-order chi connectivity index (χ1) is 10.3. The molecule has 0 bridgehead atoms. The first-order valence-electron chi connectivity index (χ1n) is 8.02. The van der Waals surface area contributed by atoms with Gasteiger partial charge in [0.1, 0.15) is 11.6 Å². The average Bonchev–Trinajstić information content (AvgIpc) is 2.76. The quantitative estimate of drug-likeness (QED) is 0.709. The Morgan fingerprint density at radius 1 is 1.14 bits per heavy atom. The molecule has 2 nitrogen and oxygen atoms in total. The Morgan fingerprint density at radius 2 is 1.86 bits per heavy atom. The van der Waals surface area contributed by atoms with Gasteiger partial charge in [-0.2, -0.15) is 0 Å². The van der Waals surface area contributed by atoms with Crippen LogP contribution in [0.3, 0.4) is 0 Å². The predicted octanol–water partition coefficient (Wildman–Crippen LogP) is 5.24. The topological polar surface area (TPSA) is 17.8 Å². The average molecular weight is 309 g/mol. The molecular weight excluding hydrogens is 287 g/mol. The van der Waals surface area contributed by atoms with E-state index < -0.39 is 0 Å². The van der Waals surface area contributed by atoms with Crippen LogP contribution in [-0.4, -0.2) is 15.4 Å². The number of aromatic nitrogens is 2. The van der Waals surface area contributed by atoms with E-state index in [0.29, 0.717) is 11.9 Å². The van der Waals surface area contributed by atoms with Crippen LogP contribution in [0.4, 0.5) is 4.39 Å². The lowest BCUT2D eigenvalue weighted by atomic mass is 9.96.